The zero-order valence-electron chi connectivity index (χ0n) is 17.8. The van der Waals surface area contributed by atoms with Crippen LogP contribution in [0.1, 0.15) is 9.80 Å². The van der Waals surface area contributed by atoms with Crippen molar-refractivity contribution in [2.24, 2.45) is 0 Å². The van der Waals surface area contributed by atoms with Crippen molar-refractivity contribution in [1.82, 2.24) is 14.8 Å². The van der Waals surface area contributed by atoms with Gasteiger partial charge in [-0.2, -0.15) is 0 Å². The smallest absolute Gasteiger partial charge is 0.282 e. The molecule has 0 N–H and O–H groups in total. The summed E-state index contributed by atoms with van der Waals surface area (Å²) in [6.45, 7) is 3.22. The molecule has 164 valence electrons. The van der Waals surface area contributed by atoms with Gasteiger partial charge in [0.1, 0.15) is 11.5 Å². The Morgan fingerprint density at radius 3 is 1.90 bits per heavy atom. The van der Waals surface area contributed by atoms with Crippen LogP contribution in [-0.2, 0) is 0 Å². The summed E-state index contributed by atoms with van der Waals surface area (Å²) in [5.41, 5.74) is 2.78. The van der Waals surface area contributed by atoms with Crippen LogP contribution in [0.15, 0.2) is 48.5 Å². The average molecular weight is 460 g/mol. The van der Waals surface area contributed by atoms with E-state index in [1.807, 2.05) is 53.4 Å². The number of likely N-dealkylation sites (N-methyl/N-ethyl adjacent to an activating group) is 1. The molecule has 1 aromatic heterocycles. The fourth-order valence-electron chi connectivity index (χ4n) is 3.44. The molecule has 0 radical (unpaired) electrons. The predicted octanol–water partition coefficient (Wildman–Crippen LogP) is 4.30. The lowest BCUT2D eigenvalue weighted by Crippen LogP contribution is -2.47. The molecule has 0 bridgehead atoms. The molecule has 2 heterocycles. The van der Waals surface area contributed by atoms with Crippen LogP contribution in [0.4, 0.5) is 0 Å². The Kier molecular flexibility index (Phi) is 7.54. The Balaban J connectivity index is 0.00000272. The average Bonchev–Trinajstić information content (AvgIpc) is 3.24. The minimum absolute atomic E-state index is 0. The number of rotatable bonds is 5. The fraction of sp³-hybridized carbons (Fsp3) is 0.304. The topological polar surface area (TPSA) is 54.9 Å². The summed E-state index contributed by atoms with van der Waals surface area (Å²) in [6.07, 6.45) is 0. The second-order valence-corrected chi connectivity index (χ2v) is 8.25. The van der Waals surface area contributed by atoms with Gasteiger partial charge in [-0.05, 0) is 61.1 Å². The van der Waals surface area contributed by atoms with Crippen LogP contribution in [-0.4, -0.2) is 68.1 Å². The molecule has 1 aliphatic heterocycles. The van der Waals surface area contributed by atoms with Gasteiger partial charge in [0, 0.05) is 31.7 Å². The van der Waals surface area contributed by atoms with E-state index in [9.17, 15) is 4.79 Å². The molecule has 1 fully saturated rings. The highest BCUT2D eigenvalue weighted by molar-refractivity contribution is 7.17. The lowest BCUT2D eigenvalue weighted by Gasteiger charge is -2.31. The highest BCUT2D eigenvalue weighted by Crippen LogP contribution is 2.38. The van der Waals surface area contributed by atoms with Gasteiger partial charge in [0.05, 0.1) is 24.8 Å². The number of thiazole rings is 1. The van der Waals surface area contributed by atoms with Crippen LogP contribution >= 0.6 is 23.7 Å². The van der Waals surface area contributed by atoms with Crippen molar-refractivity contribution >= 4 is 29.7 Å². The maximum atomic E-state index is 13.2. The molecule has 1 aliphatic rings. The number of ether oxygens (including phenoxy) is 2. The van der Waals surface area contributed by atoms with Gasteiger partial charge in [-0.15, -0.1) is 23.7 Å². The maximum Gasteiger partial charge on any atom is 0.282 e. The summed E-state index contributed by atoms with van der Waals surface area (Å²) >= 11 is 1.45. The number of halogens is 1. The first kappa shape index (κ1) is 23.1. The molecule has 1 amide bonds. The van der Waals surface area contributed by atoms with Crippen molar-refractivity contribution in [2.75, 3.05) is 47.4 Å². The Morgan fingerprint density at radius 1 is 0.871 bits per heavy atom. The summed E-state index contributed by atoms with van der Waals surface area (Å²) in [5.74, 6) is 1.58. The number of carbonyl (C=O) groups excluding carboxylic acids is 1. The van der Waals surface area contributed by atoms with Gasteiger partial charge in [-0.1, -0.05) is 0 Å². The number of carbonyl (C=O) groups is 1. The molecular weight excluding hydrogens is 434 g/mol. The van der Waals surface area contributed by atoms with Crippen LogP contribution in [0, 0.1) is 0 Å². The Bertz CT molecular complexity index is 949. The Hall–Kier alpha value is -2.61. The normalized spacial score (nSPS) is 14.1. The SMILES string of the molecule is COc1ccc(-c2nc(C(=O)N3CCN(C)CC3)sc2-c2ccc(OC)cc2)cc1.Cl. The van der Waals surface area contributed by atoms with Crippen molar-refractivity contribution < 1.29 is 14.3 Å². The number of amides is 1. The number of aromatic nitrogens is 1. The molecule has 0 atom stereocenters. The molecule has 0 saturated carbocycles. The van der Waals surface area contributed by atoms with Crippen LogP contribution in [0.5, 0.6) is 11.5 Å². The molecule has 8 heteroatoms. The zero-order valence-corrected chi connectivity index (χ0v) is 19.5. The summed E-state index contributed by atoms with van der Waals surface area (Å²) in [4.78, 5) is 23.0. The summed E-state index contributed by atoms with van der Waals surface area (Å²) in [5, 5.41) is 0.524. The van der Waals surface area contributed by atoms with Gasteiger partial charge >= 0.3 is 0 Å². The summed E-state index contributed by atoms with van der Waals surface area (Å²) < 4.78 is 10.6. The van der Waals surface area contributed by atoms with Crippen LogP contribution in [0.2, 0.25) is 0 Å². The lowest BCUT2D eigenvalue weighted by atomic mass is 10.1. The maximum absolute atomic E-state index is 13.2. The number of benzene rings is 2. The van der Waals surface area contributed by atoms with Crippen molar-refractivity contribution in [1.29, 1.82) is 0 Å². The van der Waals surface area contributed by atoms with E-state index in [2.05, 4.69) is 11.9 Å². The minimum atomic E-state index is 0. The minimum Gasteiger partial charge on any atom is -0.497 e. The largest absolute Gasteiger partial charge is 0.497 e. The molecule has 0 spiro atoms. The van der Waals surface area contributed by atoms with Gasteiger partial charge in [-0.3, -0.25) is 4.79 Å². The van der Waals surface area contributed by atoms with E-state index in [0.29, 0.717) is 5.01 Å². The van der Waals surface area contributed by atoms with E-state index in [1.165, 1.54) is 11.3 Å². The van der Waals surface area contributed by atoms with Crippen LogP contribution in [0.3, 0.4) is 0 Å². The molecule has 0 aliphatic carbocycles. The lowest BCUT2D eigenvalue weighted by molar-refractivity contribution is 0.0664. The van der Waals surface area contributed by atoms with Crippen molar-refractivity contribution in [3.63, 3.8) is 0 Å². The standard InChI is InChI=1S/C23H25N3O3S.ClH/c1-25-12-14-26(15-13-25)23(27)22-24-20(16-4-8-18(28-2)9-5-16)21(30-22)17-6-10-19(29-3)11-7-17;/h4-11H,12-15H2,1-3H3;1H. The first-order chi connectivity index (χ1) is 14.6. The van der Waals surface area contributed by atoms with Crippen molar-refractivity contribution in [3.05, 3.63) is 53.5 Å². The second kappa shape index (κ2) is 10.1. The van der Waals surface area contributed by atoms with E-state index in [1.54, 1.807) is 14.2 Å². The second-order valence-electron chi connectivity index (χ2n) is 7.25. The van der Waals surface area contributed by atoms with Gasteiger partial charge in [0.2, 0.25) is 0 Å². The number of nitrogens with zero attached hydrogens (tertiary/aromatic N) is 3. The first-order valence-electron chi connectivity index (χ1n) is 9.86. The number of methoxy groups -OCH3 is 2. The van der Waals surface area contributed by atoms with Gasteiger partial charge < -0.3 is 19.3 Å². The van der Waals surface area contributed by atoms with E-state index in [0.717, 1.165) is 59.4 Å². The number of hydrogen-bond donors (Lipinski definition) is 0. The van der Waals surface area contributed by atoms with E-state index >= 15 is 0 Å². The Labute approximate surface area is 192 Å². The van der Waals surface area contributed by atoms with Gasteiger partial charge in [0.15, 0.2) is 5.01 Å². The molecule has 6 nitrogen and oxygen atoms in total. The summed E-state index contributed by atoms with van der Waals surface area (Å²) in [7, 11) is 5.37. The van der Waals surface area contributed by atoms with E-state index < -0.39 is 0 Å². The summed E-state index contributed by atoms with van der Waals surface area (Å²) in [6, 6.07) is 15.6. The predicted molar refractivity (Wildman–Crippen MR) is 127 cm³/mol. The molecule has 31 heavy (non-hydrogen) atoms. The Morgan fingerprint density at radius 2 is 1.39 bits per heavy atom. The highest BCUT2D eigenvalue weighted by Gasteiger charge is 2.25. The molecular formula is C23H26ClN3O3S. The van der Waals surface area contributed by atoms with E-state index in [-0.39, 0.29) is 18.3 Å². The zero-order chi connectivity index (χ0) is 21.1. The van der Waals surface area contributed by atoms with Gasteiger partial charge in [-0.25, -0.2) is 4.98 Å². The third kappa shape index (κ3) is 5.01. The molecule has 1 saturated heterocycles. The molecule has 2 aromatic carbocycles. The first-order valence-corrected chi connectivity index (χ1v) is 10.7. The van der Waals surface area contributed by atoms with Gasteiger partial charge in [0.25, 0.3) is 5.91 Å². The quantitative estimate of drug-likeness (QED) is 0.569. The van der Waals surface area contributed by atoms with Crippen molar-refractivity contribution in [3.8, 4) is 33.2 Å². The number of hydrogen-bond acceptors (Lipinski definition) is 6. The molecule has 0 unspecified atom stereocenters. The van der Waals surface area contributed by atoms with Crippen LogP contribution < -0.4 is 9.47 Å². The highest BCUT2D eigenvalue weighted by atomic mass is 35.5. The third-order valence-corrected chi connectivity index (χ3v) is 6.41. The van der Waals surface area contributed by atoms with E-state index in [4.69, 9.17) is 14.5 Å². The molecule has 4 rings (SSSR count). The molecule has 3 aromatic rings. The van der Waals surface area contributed by atoms with Crippen LogP contribution in [0.25, 0.3) is 21.7 Å². The van der Waals surface area contributed by atoms with Crippen molar-refractivity contribution in [2.45, 2.75) is 0 Å². The third-order valence-electron chi connectivity index (χ3n) is 5.32. The number of piperazine rings is 1. The fourth-order valence-corrected chi connectivity index (χ4v) is 4.50. The monoisotopic (exact) mass is 459 g/mol.